The monoisotopic (exact) mass is 409 g/mol. The van der Waals surface area contributed by atoms with Crippen molar-refractivity contribution in [2.45, 2.75) is 18.4 Å². The van der Waals surface area contributed by atoms with Gasteiger partial charge in [0.2, 0.25) is 10.0 Å². The van der Waals surface area contributed by atoms with Gasteiger partial charge in [0.25, 0.3) is 0 Å². The summed E-state index contributed by atoms with van der Waals surface area (Å²) in [4.78, 5) is 9.69. The maximum Gasteiger partial charge on any atom is 0.246 e. The van der Waals surface area contributed by atoms with Crippen LogP contribution in [0.15, 0.2) is 29.4 Å². The zero-order valence-corrected chi connectivity index (χ0v) is 15.8. The standard InChI is InChI=1S/C16H17F2N7O2S/c1-2-25-16-14(21-22-25)15(19-10-20-16)23-5-7-24(8-6-23)28(26,27)13-9-11(17)3-4-12(13)18/h3-4,9-10H,2,5-8H2,1H3. The van der Waals surface area contributed by atoms with Crippen LogP contribution >= 0.6 is 0 Å². The van der Waals surface area contributed by atoms with Crippen LogP contribution in [0.4, 0.5) is 14.6 Å². The Morgan fingerprint density at radius 2 is 1.86 bits per heavy atom. The second kappa shape index (κ2) is 7.02. The molecule has 148 valence electrons. The highest BCUT2D eigenvalue weighted by molar-refractivity contribution is 7.89. The van der Waals surface area contributed by atoms with E-state index in [2.05, 4.69) is 20.3 Å². The van der Waals surface area contributed by atoms with E-state index in [9.17, 15) is 17.2 Å². The van der Waals surface area contributed by atoms with E-state index in [1.165, 1.54) is 6.33 Å². The molecule has 1 fully saturated rings. The van der Waals surface area contributed by atoms with Gasteiger partial charge in [-0.2, -0.15) is 4.31 Å². The topological polar surface area (TPSA) is 97.1 Å². The van der Waals surface area contributed by atoms with Crippen LogP contribution in [0.5, 0.6) is 0 Å². The molecule has 3 heterocycles. The lowest BCUT2D eigenvalue weighted by Crippen LogP contribution is -2.49. The van der Waals surface area contributed by atoms with E-state index in [-0.39, 0.29) is 13.1 Å². The minimum Gasteiger partial charge on any atom is -0.352 e. The molecule has 0 saturated carbocycles. The molecule has 0 amide bonds. The molecular weight excluding hydrogens is 392 g/mol. The van der Waals surface area contributed by atoms with Crippen molar-refractivity contribution in [3.63, 3.8) is 0 Å². The molecule has 1 aromatic carbocycles. The van der Waals surface area contributed by atoms with Crippen molar-refractivity contribution >= 4 is 27.0 Å². The molecule has 2 aromatic heterocycles. The average Bonchev–Trinajstić information content (AvgIpc) is 3.13. The van der Waals surface area contributed by atoms with Gasteiger partial charge < -0.3 is 4.90 Å². The van der Waals surface area contributed by atoms with E-state index in [4.69, 9.17) is 0 Å². The van der Waals surface area contributed by atoms with Crippen molar-refractivity contribution < 1.29 is 17.2 Å². The first-order valence-corrected chi connectivity index (χ1v) is 10.1. The van der Waals surface area contributed by atoms with Crippen molar-refractivity contribution in [1.29, 1.82) is 0 Å². The Hall–Kier alpha value is -2.73. The Morgan fingerprint density at radius 1 is 1.11 bits per heavy atom. The summed E-state index contributed by atoms with van der Waals surface area (Å²) in [6, 6.07) is 2.40. The van der Waals surface area contributed by atoms with Crippen molar-refractivity contribution in [2.24, 2.45) is 0 Å². The molecule has 0 atom stereocenters. The van der Waals surface area contributed by atoms with Gasteiger partial charge in [-0.1, -0.05) is 5.21 Å². The molecule has 1 saturated heterocycles. The van der Waals surface area contributed by atoms with Crippen LogP contribution in [0.3, 0.4) is 0 Å². The maximum atomic E-state index is 14.0. The van der Waals surface area contributed by atoms with Crippen LogP contribution in [0.1, 0.15) is 6.92 Å². The van der Waals surface area contributed by atoms with E-state index < -0.39 is 26.6 Å². The van der Waals surface area contributed by atoms with Gasteiger partial charge in [0.15, 0.2) is 17.0 Å². The third-order valence-corrected chi connectivity index (χ3v) is 6.54. The molecule has 28 heavy (non-hydrogen) atoms. The van der Waals surface area contributed by atoms with Crippen molar-refractivity contribution in [3.05, 3.63) is 36.2 Å². The van der Waals surface area contributed by atoms with E-state index in [0.29, 0.717) is 42.7 Å². The number of nitrogens with zero attached hydrogens (tertiary/aromatic N) is 7. The lowest BCUT2D eigenvalue weighted by Gasteiger charge is -2.34. The van der Waals surface area contributed by atoms with Crippen molar-refractivity contribution in [3.8, 4) is 0 Å². The Balaban J connectivity index is 1.57. The first-order chi connectivity index (χ1) is 13.4. The summed E-state index contributed by atoms with van der Waals surface area (Å²) in [5.41, 5.74) is 1.14. The summed E-state index contributed by atoms with van der Waals surface area (Å²) in [6.45, 7) is 3.38. The van der Waals surface area contributed by atoms with Crippen LogP contribution in [-0.4, -0.2) is 63.9 Å². The zero-order chi connectivity index (χ0) is 19.9. The van der Waals surface area contributed by atoms with E-state index >= 15 is 0 Å². The first kappa shape index (κ1) is 18.6. The molecule has 0 bridgehead atoms. The maximum absolute atomic E-state index is 14.0. The van der Waals surface area contributed by atoms with Crippen LogP contribution < -0.4 is 4.90 Å². The summed E-state index contributed by atoms with van der Waals surface area (Å²) in [5.74, 6) is -1.21. The molecule has 3 aromatic rings. The van der Waals surface area contributed by atoms with E-state index in [1.807, 2.05) is 11.8 Å². The van der Waals surface area contributed by atoms with E-state index in [1.54, 1.807) is 4.68 Å². The predicted octanol–water partition coefficient (Wildman–Crippen LogP) is 1.03. The molecule has 1 aliphatic heterocycles. The number of aromatic nitrogens is 5. The number of sulfonamides is 1. The highest BCUT2D eigenvalue weighted by atomic mass is 32.2. The summed E-state index contributed by atoms with van der Waals surface area (Å²) in [5, 5.41) is 8.16. The Morgan fingerprint density at radius 3 is 2.57 bits per heavy atom. The van der Waals surface area contributed by atoms with Gasteiger partial charge in [-0.3, -0.25) is 0 Å². The minimum atomic E-state index is -4.14. The molecule has 0 N–H and O–H groups in total. The zero-order valence-electron chi connectivity index (χ0n) is 15.0. The molecule has 12 heteroatoms. The molecule has 0 radical (unpaired) electrons. The van der Waals surface area contributed by atoms with Crippen molar-refractivity contribution in [2.75, 3.05) is 31.1 Å². The molecule has 9 nitrogen and oxygen atoms in total. The third-order valence-electron chi connectivity index (χ3n) is 4.63. The SMILES string of the molecule is CCn1nnc2c(N3CCN(S(=O)(=O)c4cc(F)ccc4F)CC3)ncnc21. The number of benzene rings is 1. The smallest absolute Gasteiger partial charge is 0.246 e. The summed E-state index contributed by atoms with van der Waals surface area (Å²) in [6.07, 6.45) is 1.42. The number of hydrogen-bond acceptors (Lipinski definition) is 7. The van der Waals surface area contributed by atoms with Crippen LogP contribution in [0.2, 0.25) is 0 Å². The normalized spacial score (nSPS) is 16.0. The van der Waals surface area contributed by atoms with E-state index in [0.717, 1.165) is 16.4 Å². The molecule has 0 spiro atoms. The fourth-order valence-corrected chi connectivity index (χ4v) is 4.68. The fraction of sp³-hybridized carbons (Fsp3) is 0.375. The molecule has 0 aliphatic carbocycles. The number of aryl methyl sites for hydroxylation is 1. The predicted molar refractivity (Wildman–Crippen MR) is 96.1 cm³/mol. The number of anilines is 1. The largest absolute Gasteiger partial charge is 0.352 e. The Kier molecular flexibility index (Phi) is 4.67. The van der Waals surface area contributed by atoms with Gasteiger partial charge in [-0.05, 0) is 25.1 Å². The lowest BCUT2D eigenvalue weighted by molar-refractivity contribution is 0.381. The summed E-state index contributed by atoms with van der Waals surface area (Å²) >= 11 is 0. The summed E-state index contributed by atoms with van der Waals surface area (Å²) in [7, 11) is -4.14. The van der Waals surface area contributed by atoms with Crippen LogP contribution in [-0.2, 0) is 16.6 Å². The second-order valence-corrected chi connectivity index (χ2v) is 8.15. The van der Waals surface area contributed by atoms with Crippen molar-refractivity contribution in [1.82, 2.24) is 29.3 Å². The minimum absolute atomic E-state index is 0.103. The highest BCUT2D eigenvalue weighted by Crippen LogP contribution is 2.25. The van der Waals surface area contributed by atoms with Crippen LogP contribution in [0.25, 0.3) is 11.2 Å². The fourth-order valence-electron chi connectivity index (χ4n) is 3.18. The number of halogens is 2. The molecule has 1 aliphatic rings. The average molecular weight is 409 g/mol. The van der Waals surface area contributed by atoms with Gasteiger partial charge in [0.05, 0.1) is 0 Å². The first-order valence-electron chi connectivity index (χ1n) is 8.66. The Bertz CT molecular complexity index is 1130. The van der Waals surface area contributed by atoms with Gasteiger partial charge in [0.1, 0.15) is 22.9 Å². The van der Waals surface area contributed by atoms with Gasteiger partial charge in [0, 0.05) is 32.7 Å². The second-order valence-electron chi connectivity index (χ2n) is 6.24. The third kappa shape index (κ3) is 3.07. The molecular formula is C16H17F2N7O2S. The summed E-state index contributed by atoms with van der Waals surface area (Å²) < 4.78 is 55.6. The number of piperazine rings is 1. The quantitative estimate of drug-likeness (QED) is 0.635. The highest BCUT2D eigenvalue weighted by Gasteiger charge is 2.32. The molecule has 4 rings (SSSR count). The van der Waals surface area contributed by atoms with Gasteiger partial charge in [-0.15, -0.1) is 5.10 Å². The lowest BCUT2D eigenvalue weighted by atomic mass is 10.3. The molecule has 0 unspecified atom stereocenters. The van der Waals surface area contributed by atoms with Crippen LogP contribution in [0, 0.1) is 11.6 Å². The van der Waals surface area contributed by atoms with Gasteiger partial charge in [-0.25, -0.2) is 31.8 Å². The van der Waals surface area contributed by atoms with Gasteiger partial charge >= 0.3 is 0 Å². The Labute approximate surface area is 159 Å². The number of hydrogen-bond donors (Lipinski definition) is 0. The number of rotatable bonds is 4. The number of fused-ring (bicyclic) bond motifs is 1.